The van der Waals surface area contributed by atoms with Gasteiger partial charge >= 0.3 is 5.97 Å². The number of fused-ring (bicyclic) bond motifs is 1. The summed E-state index contributed by atoms with van der Waals surface area (Å²) in [5.74, 6) is 0.463. The lowest BCUT2D eigenvalue weighted by molar-refractivity contribution is -0.245. The van der Waals surface area contributed by atoms with Crippen LogP contribution in [-0.2, 0) is 29.9 Å². The molecule has 1 aromatic rings. The fourth-order valence-electron chi connectivity index (χ4n) is 2.99. The molecule has 2 heterocycles. The molecule has 0 unspecified atom stereocenters. The molecule has 3 rings (SSSR count). The molecule has 0 aliphatic carbocycles. The molecule has 2 aliphatic heterocycles. The van der Waals surface area contributed by atoms with Gasteiger partial charge in [0.15, 0.2) is 26.8 Å². The first-order chi connectivity index (χ1) is 12.6. The van der Waals surface area contributed by atoms with Gasteiger partial charge in [-0.1, -0.05) is 32.9 Å². The molecular formula is C20H30O6Si. The summed E-state index contributed by atoms with van der Waals surface area (Å²) in [6, 6.07) is 7.79. The Hall–Kier alpha value is -1.41. The van der Waals surface area contributed by atoms with Gasteiger partial charge in [-0.15, -0.1) is 0 Å². The van der Waals surface area contributed by atoms with Gasteiger partial charge in [0.2, 0.25) is 0 Å². The second kappa shape index (κ2) is 7.54. The molecule has 0 spiro atoms. The van der Waals surface area contributed by atoms with Crippen LogP contribution in [0.2, 0.25) is 18.1 Å². The highest BCUT2D eigenvalue weighted by Crippen LogP contribution is 2.40. The number of hydrogen-bond donors (Lipinski definition) is 0. The minimum atomic E-state index is -2.13. The third-order valence-corrected chi connectivity index (χ3v) is 10.2. The molecule has 0 amide bonds. The van der Waals surface area contributed by atoms with E-state index in [9.17, 15) is 4.79 Å². The van der Waals surface area contributed by atoms with Gasteiger partial charge in [0.05, 0.1) is 13.7 Å². The SMILES string of the molecule is COc1ccc(C[C@@H]2OC[C@H]3OC(=O)[C@H](O[Si](C)(C)C(C)(C)C)[C@H]3O2)cc1. The van der Waals surface area contributed by atoms with Gasteiger partial charge in [-0.2, -0.15) is 0 Å². The lowest BCUT2D eigenvalue weighted by Gasteiger charge is -2.39. The topological polar surface area (TPSA) is 63.2 Å². The van der Waals surface area contributed by atoms with Crippen LogP contribution in [0, 0.1) is 0 Å². The van der Waals surface area contributed by atoms with Crippen LogP contribution in [0.3, 0.4) is 0 Å². The second-order valence-corrected chi connectivity index (χ2v) is 13.4. The van der Waals surface area contributed by atoms with Crippen LogP contribution >= 0.6 is 0 Å². The summed E-state index contributed by atoms with van der Waals surface area (Å²) in [6.07, 6.45) is -1.35. The Morgan fingerprint density at radius 1 is 1.19 bits per heavy atom. The van der Waals surface area contributed by atoms with E-state index in [0.717, 1.165) is 11.3 Å². The van der Waals surface area contributed by atoms with E-state index in [2.05, 4.69) is 33.9 Å². The fraction of sp³-hybridized carbons (Fsp3) is 0.650. The monoisotopic (exact) mass is 394 g/mol. The van der Waals surface area contributed by atoms with E-state index < -0.39 is 32.9 Å². The minimum Gasteiger partial charge on any atom is -0.497 e. The first kappa shape index (κ1) is 20.3. The number of benzene rings is 1. The Labute approximate surface area is 162 Å². The van der Waals surface area contributed by atoms with Crippen LogP contribution in [0.4, 0.5) is 0 Å². The first-order valence-electron chi connectivity index (χ1n) is 9.39. The molecule has 27 heavy (non-hydrogen) atoms. The number of carbonyl (C=O) groups excluding carboxylic acids is 1. The zero-order valence-corrected chi connectivity index (χ0v) is 18.0. The summed E-state index contributed by atoms with van der Waals surface area (Å²) in [5, 5.41) is -0.000963. The van der Waals surface area contributed by atoms with Crippen molar-refractivity contribution >= 4 is 14.3 Å². The molecule has 7 heteroatoms. The maximum atomic E-state index is 12.4. The largest absolute Gasteiger partial charge is 0.497 e. The zero-order valence-electron chi connectivity index (χ0n) is 17.0. The van der Waals surface area contributed by atoms with Crippen molar-refractivity contribution in [3.8, 4) is 5.75 Å². The van der Waals surface area contributed by atoms with Gasteiger partial charge in [0, 0.05) is 6.42 Å². The van der Waals surface area contributed by atoms with Crippen LogP contribution in [0.1, 0.15) is 26.3 Å². The highest BCUT2D eigenvalue weighted by Gasteiger charge is 2.53. The lowest BCUT2D eigenvalue weighted by Crippen LogP contribution is -2.52. The average Bonchev–Trinajstić information content (AvgIpc) is 2.89. The average molecular weight is 395 g/mol. The third-order valence-electron chi connectivity index (χ3n) is 5.71. The van der Waals surface area contributed by atoms with Crippen LogP contribution < -0.4 is 4.74 Å². The summed E-state index contributed by atoms with van der Waals surface area (Å²) < 4.78 is 28.9. The molecule has 6 nitrogen and oxygen atoms in total. The maximum absolute atomic E-state index is 12.4. The normalized spacial score (nSPS) is 28.6. The summed E-state index contributed by atoms with van der Waals surface area (Å²) >= 11 is 0. The van der Waals surface area contributed by atoms with Crippen LogP contribution in [0.15, 0.2) is 24.3 Å². The van der Waals surface area contributed by atoms with Crippen molar-refractivity contribution in [3.63, 3.8) is 0 Å². The van der Waals surface area contributed by atoms with E-state index in [1.54, 1.807) is 7.11 Å². The van der Waals surface area contributed by atoms with Gasteiger partial charge < -0.3 is 23.4 Å². The quantitative estimate of drug-likeness (QED) is 0.564. The van der Waals surface area contributed by atoms with Crippen LogP contribution in [-0.4, -0.2) is 52.6 Å². The van der Waals surface area contributed by atoms with Crippen LogP contribution in [0.25, 0.3) is 0 Å². The second-order valence-electron chi connectivity index (χ2n) is 8.69. The first-order valence-corrected chi connectivity index (χ1v) is 12.3. The minimum absolute atomic E-state index is 0.000963. The Kier molecular flexibility index (Phi) is 5.68. The number of hydrogen-bond acceptors (Lipinski definition) is 6. The number of methoxy groups -OCH3 is 1. The van der Waals surface area contributed by atoms with Crippen molar-refractivity contribution in [1.29, 1.82) is 0 Å². The van der Waals surface area contributed by atoms with Gasteiger partial charge in [-0.25, -0.2) is 4.79 Å². The molecule has 2 fully saturated rings. The fourth-order valence-corrected chi connectivity index (χ4v) is 4.21. The maximum Gasteiger partial charge on any atom is 0.337 e. The Morgan fingerprint density at radius 3 is 2.44 bits per heavy atom. The van der Waals surface area contributed by atoms with Crippen molar-refractivity contribution < 1.29 is 28.2 Å². The molecule has 0 bridgehead atoms. The Morgan fingerprint density at radius 2 is 1.85 bits per heavy atom. The molecule has 4 atom stereocenters. The summed E-state index contributed by atoms with van der Waals surface area (Å²) in [4.78, 5) is 12.4. The molecule has 2 saturated heterocycles. The van der Waals surface area contributed by atoms with E-state index in [0.29, 0.717) is 13.0 Å². The Bertz CT molecular complexity index is 666. The van der Waals surface area contributed by atoms with Crippen molar-refractivity contribution in [2.45, 2.75) is 69.9 Å². The molecule has 2 aliphatic rings. The van der Waals surface area contributed by atoms with E-state index >= 15 is 0 Å². The summed E-state index contributed by atoms with van der Waals surface area (Å²) in [7, 11) is -0.489. The van der Waals surface area contributed by atoms with Crippen LogP contribution in [0.5, 0.6) is 5.75 Å². The standard InChI is InChI=1S/C20H30O6Si/c1-20(2,3)27(5,6)26-18-17-15(24-19(18)21)12-23-16(25-17)11-13-7-9-14(22-4)10-8-13/h7-10,15-18H,11-12H2,1-6H3/t15-,16-,17+,18-/m1/s1. The van der Waals surface area contributed by atoms with E-state index in [1.165, 1.54) is 0 Å². The van der Waals surface area contributed by atoms with E-state index in [-0.39, 0.29) is 11.0 Å². The van der Waals surface area contributed by atoms with Gasteiger partial charge in [0.1, 0.15) is 11.9 Å². The predicted molar refractivity (Wildman–Crippen MR) is 103 cm³/mol. The molecule has 0 aromatic heterocycles. The number of carbonyl (C=O) groups is 1. The smallest absolute Gasteiger partial charge is 0.337 e. The number of esters is 1. The molecule has 1 aromatic carbocycles. The molecular weight excluding hydrogens is 364 g/mol. The predicted octanol–water partition coefficient (Wildman–Crippen LogP) is 3.30. The Balaban J connectivity index is 1.68. The van der Waals surface area contributed by atoms with Gasteiger partial charge in [-0.05, 0) is 35.8 Å². The number of ether oxygens (including phenoxy) is 4. The van der Waals surface area contributed by atoms with Crippen molar-refractivity contribution in [2.24, 2.45) is 0 Å². The number of rotatable bonds is 5. The van der Waals surface area contributed by atoms with Crippen molar-refractivity contribution in [2.75, 3.05) is 13.7 Å². The highest BCUT2D eigenvalue weighted by molar-refractivity contribution is 6.74. The highest BCUT2D eigenvalue weighted by atomic mass is 28.4. The molecule has 150 valence electrons. The molecule has 0 saturated carbocycles. The lowest BCUT2D eigenvalue weighted by atomic mass is 10.1. The zero-order chi connectivity index (χ0) is 19.8. The summed E-state index contributed by atoms with van der Waals surface area (Å²) in [6.45, 7) is 11.0. The molecule has 0 radical (unpaired) electrons. The van der Waals surface area contributed by atoms with Crippen molar-refractivity contribution in [1.82, 2.24) is 0 Å². The van der Waals surface area contributed by atoms with E-state index in [1.807, 2.05) is 24.3 Å². The van der Waals surface area contributed by atoms with E-state index in [4.69, 9.17) is 23.4 Å². The van der Waals surface area contributed by atoms with Crippen molar-refractivity contribution in [3.05, 3.63) is 29.8 Å². The summed E-state index contributed by atoms with van der Waals surface area (Å²) in [5.41, 5.74) is 1.08. The third kappa shape index (κ3) is 4.37. The van der Waals surface area contributed by atoms with Gasteiger partial charge in [-0.3, -0.25) is 0 Å². The molecule has 0 N–H and O–H groups in total. The van der Waals surface area contributed by atoms with Gasteiger partial charge in [0.25, 0.3) is 0 Å².